The molecule has 2 aliphatic rings. The fourth-order valence-corrected chi connectivity index (χ4v) is 2.96. The molecule has 1 N–H and O–H groups in total. The summed E-state index contributed by atoms with van der Waals surface area (Å²) in [6, 6.07) is 5.86. The first-order chi connectivity index (χ1) is 8.33. The molecule has 0 aliphatic carbocycles. The second-order valence-electron chi connectivity index (χ2n) is 5.14. The van der Waals surface area contributed by atoms with Crippen molar-refractivity contribution < 1.29 is 9.13 Å². The van der Waals surface area contributed by atoms with Crippen molar-refractivity contribution in [3.05, 3.63) is 29.6 Å². The third-order valence-corrected chi connectivity index (χ3v) is 3.80. The van der Waals surface area contributed by atoms with Gasteiger partial charge in [0.1, 0.15) is 0 Å². The lowest BCUT2D eigenvalue weighted by Gasteiger charge is -2.27. The number of para-hydroxylation sites is 1. The first-order valence-corrected chi connectivity index (χ1v) is 6.46. The van der Waals surface area contributed by atoms with E-state index in [1.807, 2.05) is 6.07 Å². The first-order valence-electron chi connectivity index (χ1n) is 6.46. The number of benzene rings is 1. The maximum Gasteiger partial charge on any atom is 0.165 e. The molecule has 0 radical (unpaired) electrons. The summed E-state index contributed by atoms with van der Waals surface area (Å²) in [6.07, 6.45) is 4.65. The minimum absolute atomic E-state index is 0.222. The number of hydrogen-bond donors (Lipinski definition) is 1. The molecule has 3 heteroatoms. The summed E-state index contributed by atoms with van der Waals surface area (Å²) in [5.74, 6) is 0.781. The Morgan fingerprint density at radius 1 is 1.41 bits per heavy atom. The molecule has 17 heavy (non-hydrogen) atoms. The van der Waals surface area contributed by atoms with Gasteiger partial charge in [-0.25, -0.2) is 4.39 Å². The zero-order valence-electron chi connectivity index (χ0n) is 9.92. The summed E-state index contributed by atoms with van der Waals surface area (Å²) in [6.45, 7) is 1.80. The lowest BCUT2D eigenvalue weighted by molar-refractivity contribution is 0.195. The van der Waals surface area contributed by atoms with Crippen molar-refractivity contribution >= 4 is 0 Å². The molecule has 0 amide bonds. The van der Waals surface area contributed by atoms with Gasteiger partial charge in [-0.2, -0.15) is 0 Å². The van der Waals surface area contributed by atoms with Crippen LogP contribution in [0.4, 0.5) is 4.39 Å². The Morgan fingerprint density at radius 2 is 2.35 bits per heavy atom. The van der Waals surface area contributed by atoms with Gasteiger partial charge >= 0.3 is 0 Å². The van der Waals surface area contributed by atoms with E-state index in [2.05, 4.69) is 5.32 Å². The maximum absolute atomic E-state index is 13.5. The molecule has 92 valence electrons. The summed E-state index contributed by atoms with van der Waals surface area (Å²) in [5, 5.41) is 3.51. The number of fused-ring (bicyclic) bond motifs is 1. The monoisotopic (exact) mass is 235 g/mol. The average molecular weight is 235 g/mol. The minimum atomic E-state index is -0.222. The second kappa shape index (κ2) is 4.65. The van der Waals surface area contributed by atoms with Gasteiger partial charge in [-0.15, -0.1) is 0 Å². The molecule has 2 nitrogen and oxygen atoms in total. The van der Waals surface area contributed by atoms with Crippen molar-refractivity contribution in [1.29, 1.82) is 0 Å². The van der Waals surface area contributed by atoms with Crippen LogP contribution in [0.25, 0.3) is 0 Å². The molecule has 1 saturated heterocycles. The van der Waals surface area contributed by atoms with Crippen molar-refractivity contribution in [1.82, 2.24) is 5.32 Å². The lowest BCUT2D eigenvalue weighted by atomic mass is 9.90. The van der Waals surface area contributed by atoms with Gasteiger partial charge in [0.2, 0.25) is 0 Å². The molecule has 3 rings (SSSR count). The summed E-state index contributed by atoms with van der Waals surface area (Å²) < 4.78 is 19.0. The average Bonchev–Trinajstić information content (AvgIpc) is 2.82. The Kier molecular flexibility index (Phi) is 3.02. The van der Waals surface area contributed by atoms with Crippen LogP contribution in [0.2, 0.25) is 0 Å². The van der Waals surface area contributed by atoms with Crippen LogP contribution >= 0.6 is 0 Å². The largest absolute Gasteiger partial charge is 0.490 e. The van der Waals surface area contributed by atoms with Gasteiger partial charge in [0, 0.05) is 6.04 Å². The van der Waals surface area contributed by atoms with E-state index in [-0.39, 0.29) is 5.82 Å². The van der Waals surface area contributed by atoms with E-state index in [0.29, 0.717) is 24.3 Å². The zero-order chi connectivity index (χ0) is 11.7. The van der Waals surface area contributed by atoms with Crippen LogP contribution in [0.1, 0.15) is 24.8 Å². The maximum atomic E-state index is 13.5. The summed E-state index contributed by atoms with van der Waals surface area (Å²) in [5.41, 5.74) is 1.03. The van der Waals surface area contributed by atoms with E-state index in [9.17, 15) is 4.39 Å². The molecule has 2 heterocycles. The Labute approximate surface area is 101 Å². The summed E-state index contributed by atoms with van der Waals surface area (Å²) in [7, 11) is 0. The van der Waals surface area contributed by atoms with E-state index < -0.39 is 0 Å². The molecule has 2 atom stereocenters. The molecule has 2 aliphatic heterocycles. The van der Waals surface area contributed by atoms with Crippen LogP contribution in [0.5, 0.6) is 5.75 Å². The van der Waals surface area contributed by atoms with Gasteiger partial charge in [0.05, 0.1) is 6.61 Å². The van der Waals surface area contributed by atoms with Crippen molar-refractivity contribution in [3.8, 4) is 5.75 Å². The third kappa shape index (κ3) is 2.29. The number of ether oxygens (including phenoxy) is 1. The van der Waals surface area contributed by atoms with E-state index >= 15 is 0 Å². The molecule has 0 spiro atoms. The Bertz CT molecular complexity index is 401. The van der Waals surface area contributed by atoms with E-state index in [1.54, 1.807) is 6.07 Å². The fraction of sp³-hybridized carbons (Fsp3) is 0.571. The van der Waals surface area contributed by atoms with Gasteiger partial charge in [-0.1, -0.05) is 12.1 Å². The van der Waals surface area contributed by atoms with Crippen LogP contribution in [0.15, 0.2) is 18.2 Å². The number of halogens is 1. The van der Waals surface area contributed by atoms with Crippen molar-refractivity contribution in [2.45, 2.75) is 31.7 Å². The summed E-state index contributed by atoms with van der Waals surface area (Å²) >= 11 is 0. The predicted octanol–water partition coefficient (Wildman–Crippen LogP) is 2.52. The van der Waals surface area contributed by atoms with E-state index in [0.717, 1.165) is 24.9 Å². The molecule has 1 fully saturated rings. The van der Waals surface area contributed by atoms with Crippen LogP contribution in [-0.4, -0.2) is 19.2 Å². The first kappa shape index (κ1) is 11.0. The van der Waals surface area contributed by atoms with Gasteiger partial charge in [-0.05, 0) is 49.8 Å². The van der Waals surface area contributed by atoms with E-state index in [1.165, 1.54) is 18.9 Å². The normalized spacial score (nSPS) is 27.6. The minimum Gasteiger partial charge on any atom is -0.490 e. The van der Waals surface area contributed by atoms with Gasteiger partial charge in [0.15, 0.2) is 11.6 Å². The Balaban J connectivity index is 1.68. The molecule has 0 saturated carbocycles. The SMILES string of the molecule is Fc1cccc2c1OCC(CC1CCCN1)C2. The van der Waals surface area contributed by atoms with Crippen molar-refractivity contribution in [2.75, 3.05) is 13.2 Å². The molecule has 2 unspecified atom stereocenters. The number of rotatable bonds is 2. The highest BCUT2D eigenvalue weighted by atomic mass is 19.1. The van der Waals surface area contributed by atoms with Gasteiger partial charge in [-0.3, -0.25) is 0 Å². The fourth-order valence-electron chi connectivity index (χ4n) is 2.96. The topological polar surface area (TPSA) is 21.3 Å². The summed E-state index contributed by atoms with van der Waals surface area (Å²) in [4.78, 5) is 0. The van der Waals surface area contributed by atoms with Crippen molar-refractivity contribution in [2.24, 2.45) is 5.92 Å². The molecule has 1 aromatic rings. The molecular formula is C14H18FNO. The van der Waals surface area contributed by atoms with Crippen LogP contribution in [0.3, 0.4) is 0 Å². The van der Waals surface area contributed by atoms with Crippen LogP contribution in [0, 0.1) is 11.7 Å². The Hall–Kier alpha value is -1.09. The zero-order valence-corrected chi connectivity index (χ0v) is 9.92. The third-order valence-electron chi connectivity index (χ3n) is 3.80. The molecule has 0 aromatic heterocycles. The second-order valence-corrected chi connectivity index (χ2v) is 5.14. The van der Waals surface area contributed by atoms with Crippen molar-refractivity contribution in [3.63, 3.8) is 0 Å². The highest BCUT2D eigenvalue weighted by Crippen LogP contribution is 2.32. The van der Waals surface area contributed by atoms with E-state index in [4.69, 9.17) is 4.74 Å². The standard InChI is InChI=1S/C14H18FNO/c15-13-5-1-3-11-7-10(9-17-14(11)13)8-12-4-2-6-16-12/h1,3,5,10,12,16H,2,4,6-9H2. The van der Waals surface area contributed by atoms with Gasteiger partial charge in [0.25, 0.3) is 0 Å². The van der Waals surface area contributed by atoms with Crippen LogP contribution in [-0.2, 0) is 6.42 Å². The molecular weight excluding hydrogens is 217 g/mol. The quantitative estimate of drug-likeness (QED) is 0.850. The molecule has 1 aromatic carbocycles. The van der Waals surface area contributed by atoms with Gasteiger partial charge < -0.3 is 10.1 Å². The predicted molar refractivity (Wildman–Crippen MR) is 64.7 cm³/mol. The lowest BCUT2D eigenvalue weighted by Crippen LogP contribution is -2.30. The highest BCUT2D eigenvalue weighted by Gasteiger charge is 2.25. The Morgan fingerprint density at radius 3 is 3.18 bits per heavy atom. The smallest absolute Gasteiger partial charge is 0.165 e. The molecule has 0 bridgehead atoms. The number of nitrogens with one attached hydrogen (secondary N) is 1. The highest BCUT2D eigenvalue weighted by molar-refractivity contribution is 5.36. The van der Waals surface area contributed by atoms with Crippen LogP contribution < -0.4 is 10.1 Å². The number of hydrogen-bond acceptors (Lipinski definition) is 2.